The van der Waals surface area contributed by atoms with E-state index in [4.69, 9.17) is 23.2 Å². The first-order valence-electron chi connectivity index (χ1n) is 10.1. The molecule has 10 heteroatoms. The molecule has 2 atom stereocenters. The van der Waals surface area contributed by atoms with Gasteiger partial charge >= 0.3 is 35.5 Å². The van der Waals surface area contributed by atoms with Crippen LogP contribution in [0.4, 0.5) is 0 Å². The Morgan fingerprint density at radius 1 is 1.03 bits per heavy atom. The van der Waals surface area contributed by atoms with Crippen LogP contribution in [0.15, 0.2) is 76.5 Å². The number of carbonyl (C=O) groups is 1. The van der Waals surface area contributed by atoms with E-state index in [1.54, 1.807) is 36.4 Å². The summed E-state index contributed by atoms with van der Waals surface area (Å²) >= 11 is 12.0. The van der Waals surface area contributed by atoms with E-state index in [-0.39, 0.29) is 51.1 Å². The van der Waals surface area contributed by atoms with Gasteiger partial charge < -0.3 is 15.5 Å². The van der Waals surface area contributed by atoms with Crippen molar-refractivity contribution >= 4 is 68.6 Å². The molecule has 0 aliphatic rings. The van der Waals surface area contributed by atoms with E-state index >= 15 is 0 Å². The molecule has 0 saturated carbocycles. The number of carboxylic acid groups (broad SMARTS) is 1. The third-order valence-corrected chi connectivity index (χ3v) is 7.67. The SMILES string of the molecule is C[C@H](Cc1ccc(S(=O)(=O)c2c(Cl)cccc2C(=O)O)cc1)NC[C@@H](O)c1cccc(Cl)c1.[NaH]. The Kier molecular flexibility index (Phi) is 10.6. The molecule has 0 heterocycles. The van der Waals surface area contributed by atoms with Crippen LogP contribution in [-0.4, -0.2) is 66.7 Å². The van der Waals surface area contributed by atoms with Crippen LogP contribution in [0, 0.1) is 0 Å². The van der Waals surface area contributed by atoms with Crippen molar-refractivity contribution in [1.82, 2.24) is 5.32 Å². The van der Waals surface area contributed by atoms with Crippen LogP contribution in [0.1, 0.15) is 34.5 Å². The number of benzene rings is 3. The number of aromatic carboxylic acids is 1. The molecule has 3 rings (SSSR count). The van der Waals surface area contributed by atoms with E-state index in [2.05, 4.69) is 5.32 Å². The molecule has 0 saturated heterocycles. The summed E-state index contributed by atoms with van der Waals surface area (Å²) in [6, 6.07) is 17.2. The summed E-state index contributed by atoms with van der Waals surface area (Å²) in [6.45, 7) is 2.29. The van der Waals surface area contributed by atoms with Crippen LogP contribution < -0.4 is 5.32 Å². The first kappa shape index (κ1) is 28.8. The number of aliphatic hydroxyl groups excluding tert-OH is 1. The van der Waals surface area contributed by atoms with Crippen LogP contribution in [0.2, 0.25) is 10.0 Å². The summed E-state index contributed by atoms with van der Waals surface area (Å²) in [6.07, 6.45) is -0.118. The molecule has 0 spiro atoms. The number of hydrogen-bond donors (Lipinski definition) is 3. The number of aliphatic hydroxyl groups is 1. The molecule has 0 fully saturated rings. The quantitative estimate of drug-likeness (QED) is 0.358. The van der Waals surface area contributed by atoms with E-state index in [1.165, 1.54) is 30.3 Å². The molecule has 0 bridgehead atoms. The summed E-state index contributed by atoms with van der Waals surface area (Å²) in [4.78, 5) is 11.0. The number of sulfone groups is 1. The molecule has 3 aromatic rings. The Hall–Kier alpha value is -1.42. The van der Waals surface area contributed by atoms with Crippen LogP contribution >= 0.6 is 23.2 Å². The average molecular weight is 532 g/mol. The molecule has 0 unspecified atom stereocenters. The van der Waals surface area contributed by atoms with Crippen LogP contribution in [0.5, 0.6) is 0 Å². The molecule has 176 valence electrons. The Labute approximate surface area is 231 Å². The summed E-state index contributed by atoms with van der Waals surface area (Å²) in [5, 5.41) is 23.4. The predicted octanol–water partition coefficient (Wildman–Crippen LogP) is 4.13. The zero-order chi connectivity index (χ0) is 24.2. The van der Waals surface area contributed by atoms with Gasteiger partial charge in [0.2, 0.25) is 9.84 Å². The summed E-state index contributed by atoms with van der Waals surface area (Å²) in [7, 11) is -4.12. The first-order chi connectivity index (χ1) is 15.6. The number of halogens is 2. The monoisotopic (exact) mass is 531 g/mol. The maximum absolute atomic E-state index is 13.1. The molecule has 34 heavy (non-hydrogen) atoms. The van der Waals surface area contributed by atoms with Gasteiger partial charge in [-0.05, 0) is 60.9 Å². The second kappa shape index (κ2) is 12.5. The second-order valence-electron chi connectivity index (χ2n) is 7.65. The van der Waals surface area contributed by atoms with Crippen LogP contribution in [0.25, 0.3) is 0 Å². The maximum atomic E-state index is 13.1. The molecular formula is C24H24Cl2NNaO5S. The molecule has 0 aromatic heterocycles. The molecule has 3 aromatic carbocycles. The number of hydrogen-bond acceptors (Lipinski definition) is 5. The number of nitrogens with one attached hydrogen (secondary N) is 1. The van der Waals surface area contributed by atoms with Gasteiger partial charge in [-0.2, -0.15) is 0 Å². The van der Waals surface area contributed by atoms with Crippen molar-refractivity contribution in [3.8, 4) is 0 Å². The van der Waals surface area contributed by atoms with Gasteiger partial charge in [0, 0.05) is 17.6 Å². The van der Waals surface area contributed by atoms with Gasteiger partial charge in [-0.25, -0.2) is 13.2 Å². The standard InChI is InChI=1S/C24H23Cl2NO5S.Na.H/c1-15(27-14-22(28)17-4-2-5-18(25)13-17)12-16-8-10-19(11-9-16)33(31,32)23-20(24(29)30)6-3-7-21(23)26;;/h2-11,13,15,22,27-28H,12,14H2,1H3,(H,29,30);;/t15-,22-;;/m1../s1. The van der Waals surface area contributed by atoms with Crippen molar-refractivity contribution in [2.24, 2.45) is 0 Å². The van der Waals surface area contributed by atoms with Crippen molar-refractivity contribution in [3.63, 3.8) is 0 Å². The molecule has 3 N–H and O–H groups in total. The molecule has 0 radical (unpaired) electrons. The predicted molar refractivity (Wildman–Crippen MR) is 135 cm³/mol. The fourth-order valence-corrected chi connectivity index (χ4v) is 5.62. The van der Waals surface area contributed by atoms with Crippen molar-refractivity contribution in [2.75, 3.05) is 6.54 Å². The third kappa shape index (κ3) is 7.06. The van der Waals surface area contributed by atoms with E-state index in [0.29, 0.717) is 18.0 Å². The Morgan fingerprint density at radius 3 is 2.29 bits per heavy atom. The minimum atomic E-state index is -4.12. The van der Waals surface area contributed by atoms with E-state index in [1.807, 2.05) is 6.92 Å². The van der Waals surface area contributed by atoms with Crippen LogP contribution in [-0.2, 0) is 16.3 Å². The van der Waals surface area contributed by atoms with Crippen molar-refractivity contribution in [3.05, 3.63) is 93.5 Å². The van der Waals surface area contributed by atoms with E-state index < -0.39 is 26.8 Å². The van der Waals surface area contributed by atoms with Gasteiger partial charge in [0.15, 0.2) is 0 Å². The molecule has 6 nitrogen and oxygen atoms in total. The molecule has 0 amide bonds. The summed E-state index contributed by atoms with van der Waals surface area (Å²) in [5.41, 5.74) is 1.23. The van der Waals surface area contributed by atoms with Gasteiger partial charge in [0.05, 0.1) is 21.6 Å². The fraction of sp³-hybridized carbons (Fsp3) is 0.208. The van der Waals surface area contributed by atoms with Gasteiger partial charge in [0.1, 0.15) is 4.90 Å². The van der Waals surface area contributed by atoms with Crippen molar-refractivity contribution in [2.45, 2.75) is 35.3 Å². The van der Waals surface area contributed by atoms with Crippen molar-refractivity contribution < 1.29 is 23.4 Å². The minimum absolute atomic E-state index is 0. The number of carboxylic acids is 1. The molecular weight excluding hydrogens is 508 g/mol. The summed E-state index contributed by atoms with van der Waals surface area (Å²) in [5.74, 6) is -1.37. The van der Waals surface area contributed by atoms with Gasteiger partial charge in [0.25, 0.3) is 0 Å². The molecule has 0 aliphatic heterocycles. The fourth-order valence-electron chi connectivity index (χ4n) is 3.44. The molecule has 0 aliphatic carbocycles. The Balaban J connectivity index is 0.00000408. The topological polar surface area (TPSA) is 104 Å². The van der Waals surface area contributed by atoms with Crippen LogP contribution in [0.3, 0.4) is 0 Å². The third-order valence-electron chi connectivity index (χ3n) is 5.13. The van der Waals surface area contributed by atoms with E-state index in [9.17, 15) is 23.4 Å². The van der Waals surface area contributed by atoms with Crippen molar-refractivity contribution in [1.29, 1.82) is 0 Å². The van der Waals surface area contributed by atoms with E-state index in [0.717, 1.165) is 11.1 Å². The normalized spacial score (nSPS) is 13.1. The van der Waals surface area contributed by atoms with Gasteiger partial charge in [-0.3, -0.25) is 0 Å². The van der Waals surface area contributed by atoms with Gasteiger partial charge in [-0.15, -0.1) is 0 Å². The zero-order valence-corrected chi connectivity index (χ0v) is 20.0. The summed E-state index contributed by atoms with van der Waals surface area (Å²) < 4.78 is 26.1. The first-order valence-corrected chi connectivity index (χ1v) is 12.4. The van der Waals surface area contributed by atoms with Gasteiger partial charge in [-0.1, -0.05) is 53.5 Å². The zero-order valence-electron chi connectivity index (χ0n) is 17.7. The second-order valence-corrected chi connectivity index (χ2v) is 10.4. The average Bonchev–Trinajstić information content (AvgIpc) is 2.77. The number of rotatable bonds is 9. The Morgan fingerprint density at radius 2 is 1.68 bits per heavy atom. The Bertz CT molecular complexity index is 1250.